The van der Waals surface area contributed by atoms with Gasteiger partial charge in [0.25, 0.3) is 0 Å². The number of nitrogen functional groups attached to an aromatic ring is 1. The van der Waals surface area contributed by atoms with Crippen molar-refractivity contribution in [3.63, 3.8) is 0 Å². The van der Waals surface area contributed by atoms with Gasteiger partial charge in [0.05, 0.1) is 18.2 Å². The average Bonchev–Trinajstić information content (AvgIpc) is 2.63. The van der Waals surface area contributed by atoms with Crippen molar-refractivity contribution in [1.82, 2.24) is 19.7 Å². The molecule has 0 aliphatic carbocycles. The molecule has 0 saturated heterocycles. The van der Waals surface area contributed by atoms with Crippen molar-refractivity contribution in [2.45, 2.75) is 6.92 Å². The maximum absolute atomic E-state index is 11.4. The first-order valence-electron chi connectivity index (χ1n) is 4.35. The fourth-order valence-corrected chi connectivity index (χ4v) is 1.18. The summed E-state index contributed by atoms with van der Waals surface area (Å²) in [7, 11) is 0. The lowest BCUT2D eigenvalue weighted by Crippen LogP contribution is -2.15. The van der Waals surface area contributed by atoms with E-state index in [4.69, 9.17) is 10.5 Å². The molecule has 0 bridgehead atoms. The molecule has 0 aliphatic rings. The van der Waals surface area contributed by atoms with Gasteiger partial charge in [-0.2, -0.15) is 5.10 Å². The number of carbonyl (C=O) groups excluding carboxylic acids is 1. The number of rotatable bonds is 1. The summed E-state index contributed by atoms with van der Waals surface area (Å²) in [6.45, 7) is 1.99. The molecular formula is C8H9N5O2. The number of anilines is 1. The second-order valence-corrected chi connectivity index (χ2v) is 2.75. The monoisotopic (exact) mass is 207 g/mol. The Hall–Kier alpha value is -2.18. The van der Waals surface area contributed by atoms with Crippen LogP contribution in [0.3, 0.4) is 0 Å². The van der Waals surface area contributed by atoms with Gasteiger partial charge in [-0.05, 0) is 6.92 Å². The lowest BCUT2D eigenvalue weighted by molar-refractivity contribution is 0.151. The van der Waals surface area contributed by atoms with Crippen molar-refractivity contribution in [2.24, 2.45) is 0 Å². The molecule has 0 saturated carbocycles. The molecule has 2 aromatic rings. The highest BCUT2D eigenvalue weighted by Crippen LogP contribution is 2.15. The summed E-state index contributed by atoms with van der Waals surface area (Å²) in [5.74, 6) is 0.288. The van der Waals surface area contributed by atoms with Crippen molar-refractivity contribution in [3.05, 3.63) is 12.5 Å². The zero-order valence-electron chi connectivity index (χ0n) is 8.04. The first kappa shape index (κ1) is 9.38. The third-order valence-corrected chi connectivity index (χ3v) is 1.84. The molecule has 7 heteroatoms. The van der Waals surface area contributed by atoms with E-state index in [0.717, 1.165) is 4.68 Å². The van der Waals surface area contributed by atoms with Crippen LogP contribution < -0.4 is 5.73 Å². The van der Waals surface area contributed by atoms with Crippen LogP contribution in [0.25, 0.3) is 11.0 Å². The highest BCUT2D eigenvalue weighted by Gasteiger charge is 2.13. The minimum Gasteiger partial charge on any atom is -0.448 e. The molecule has 0 amide bonds. The largest absolute Gasteiger partial charge is 0.448 e. The Labute approximate surface area is 84.9 Å². The van der Waals surface area contributed by atoms with Gasteiger partial charge in [0.15, 0.2) is 5.65 Å². The zero-order valence-corrected chi connectivity index (χ0v) is 8.04. The molecule has 2 aromatic heterocycles. The predicted octanol–water partition coefficient (Wildman–Crippen LogP) is 0.413. The molecule has 0 unspecified atom stereocenters. The number of ether oxygens (including phenoxy) is 1. The molecule has 2 N–H and O–H groups in total. The molecule has 0 aromatic carbocycles. The maximum Gasteiger partial charge on any atom is 0.436 e. The highest BCUT2D eigenvalue weighted by molar-refractivity contribution is 5.90. The number of nitrogens with zero attached hydrogens (tertiary/aromatic N) is 4. The second-order valence-electron chi connectivity index (χ2n) is 2.75. The smallest absolute Gasteiger partial charge is 0.436 e. The average molecular weight is 207 g/mol. The first-order valence-corrected chi connectivity index (χ1v) is 4.35. The van der Waals surface area contributed by atoms with Crippen molar-refractivity contribution < 1.29 is 9.53 Å². The molecule has 15 heavy (non-hydrogen) atoms. The van der Waals surface area contributed by atoms with Crippen molar-refractivity contribution in [1.29, 1.82) is 0 Å². The van der Waals surface area contributed by atoms with Crippen LogP contribution in [0, 0.1) is 0 Å². The Bertz CT molecular complexity index is 507. The van der Waals surface area contributed by atoms with E-state index in [9.17, 15) is 4.79 Å². The minimum absolute atomic E-state index is 0.279. The first-order chi connectivity index (χ1) is 7.24. The van der Waals surface area contributed by atoms with Gasteiger partial charge in [0.1, 0.15) is 12.1 Å². The normalized spacial score (nSPS) is 10.5. The molecule has 2 rings (SSSR count). The van der Waals surface area contributed by atoms with E-state index in [1.165, 1.54) is 12.5 Å². The molecule has 0 spiro atoms. The molecule has 78 valence electrons. The number of fused-ring (bicyclic) bond motifs is 1. The lowest BCUT2D eigenvalue weighted by atomic mass is 10.4. The maximum atomic E-state index is 11.4. The Balaban J connectivity index is 2.54. The summed E-state index contributed by atoms with van der Waals surface area (Å²) in [6, 6.07) is 0. The van der Waals surface area contributed by atoms with Crippen LogP contribution in [0.15, 0.2) is 12.5 Å². The Morgan fingerprint density at radius 3 is 3.13 bits per heavy atom. The Morgan fingerprint density at radius 1 is 1.60 bits per heavy atom. The van der Waals surface area contributed by atoms with Crippen LogP contribution in [-0.4, -0.2) is 32.4 Å². The third-order valence-electron chi connectivity index (χ3n) is 1.84. The number of carbonyl (C=O) groups is 1. The Morgan fingerprint density at radius 2 is 2.40 bits per heavy atom. The predicted molar refractivity (Wildman–Crippen MR) is 52.2 cm³/mol. The van der Waals surface area contributed by atoms with E-state index in [1.807, 2.05) is 0 Å². The molecule has 0 aliphatic heterocycles. The highest BCUT2D eigenvalue weighted by atomic mass is 16.5. The van der Waals surface area contributed by atoms with Crippen LogP contribution >= 0.6 is 0 Å². The van der Waals surface area contributed by atoms with Crippen LogP contribution in [-0.2, 0) is 4.74 Å². The van der Waals surface area contributed by atoms with Gasteiger partial charge in [-0.1, -0.05) is 0 Å². The van der Waals surface area contributed by atoms with E-state index >= 15 is 0 Å². The SMILES string of the molecule is CCOC(=O)n1ncc2c(N)ncnc21. The molecule has 0 atom stereocenters. The van der Waals surface area contributed by atoms with Gasteiger partial charge in [-0.3, -0.25) is 0 Å². The summed E-state index contributed by atoms with van der Waals surface area (Å²) < 4.78 is 5.85. The fraction of sp³-hybridized carbons (Fsp3) is 0.250. The number of hydrogen-bond donors (Lipinski definition) is 1. The van der Waals surface area contributed by atoms with E-state index in [2.05, 4.69) is 15.1 Å². The summed E-state index contributed by atoms with van der Waals surface area (Å²) in [5.41, 5.74) is 5.94. The van der Waals surface area contributed by atoms with Gasteiger partial charge >= 0.3 is 6.09 Å². The molecule has 0 fully saturated rings. The number of nitrogens with two attached hydrogens (primary N) is 1. The second kappa shape index (κ2) is 3.52. The molecule has 0 radical (unpaired) electrons. The van der Waals surface area contributed by atoms with Crippen LogP contribution in [0.5, 0.6) is 0 Å². The summed E-state index contributed by atoms with van der Waals surface area (Å²) in [5, 5.41) is 4.37. The van der Waals surface area contributed by atoms with E-state index in [0.29, 0.717) is 11.0 Å². The molecular weight excluding hydrogens is 198 g/mol. The van der Waals surface area contributed by atoms with Crippen LogP contribution in [0.2, 0.25) is 0 Å². The number of aromatic nitrogens is 4. The fourth-order valence-electron chi connectivity index (χ4n) is 1.18. The van der Waals surface area contributed by atoms with Gasteiger partial charge in [0, 0.05) is 0 Å². The number of hydrogen-bond acceptors (Lipinski definition) is 6. The minimum atomic E-state index is -0.578. The van der Waals surface area contributed by atoms with Crippen molar-refractivity contribution in [3.8, 4) is 0 Å². The van der Waals surface area contributed by atoms with Crippen molar-refractivity contribution in [2.75, 3.05) is 12.3 Å². The van der Waals surface area contributed by atoms with Gasteiger partial charge < -0.3 is 10.5 Å². The van der Waals surface area contributed by atoms with Crippen LogP contribution in [0.1, 0.15) is 6.92 Å². The van der Waals surface area contributed by atoms with Gasteiger partial charge in [0.2, 0.25) is 0 Å². The van der Waals surface area contributed by atoms with Crippen molar-refractivity contribution >= 4 is 22.9 Å². The quantitative estimate of drug-likeness (QED) is 0.727. The van der Waals surface area contributed by atoms with E-state index in [1.54, 1.807) is 6.92 Å². The van der Waals surface area contributed by atoms with E-state index < -0.39 is 6.09 Å². The van der Waals surface area contributed by atoms with E-state index in [-0.39, 0.29) is 12.4 Å². The summed E-state index contributed by atoms with van der Waals surface area (Å²) >= 11 is 0. The lowest BCUT2D eigenvalue weighted by Gasteiger charge is -2.01. The Kier molecular flexibility index (Phi) is 2.20. The summed E-state index contributed by atoms with van der Waals surface area (Å²) in [6.07, 6.45) is 2.13. The third kappa shape index (κ3) is 1.47. The van der Waals surface area contributed by atoms with Gasteiger partial charge in [-0.15, -0.1) is 4.68 Å². The zero-order chi connectivity index (χ0) is 10.8. The summed E-state index contributed by atoms with van der Waals surface area (Å²) in [4.78, 5) is 19.1. The molecule has 2 heterocycles. The standard InChI is InChI=1S/C8H9N5O2/c1-2-15-8(14)13-7-5(3-12-13)6(9)10-4-11-7/h3-4H,2H2,1H3,(H2,9,10,11). The van der Waals surface area contributed by atoms with Gasteiger partial charge in [-0.25, -0.2) is 14.8 Å². The molecule has 7 nitrogen and oxygen atoms in total. The topological polar surface area (TPSA) is 95.9 Å². The van der Waals surface area contributed by atoms with Crippen LogP contribution in [0.4, 0.5) is 10.6 Å².